The highest BCUT2D eigenvalue weighted by Crippen LogP contribution is 2.38. The monoisotopic (exact) mass is 663 g/mol. The van der Waals surface area contributed by atoms with Crippen LogP contribution in [0.5, 0.6) is 23.0 Å². The number of benzene rings is 2. The Morgan fingerprint density at radius 1 is 1.13 bits per heavy atom. The number of hydrogen-bond donors (Lipinski definition) is 1. The lowest BCUT2D eigenvalue weighted by atomic mass is 9.93. The van der Waals surface area contributed by atoms with Gasteiger partial charge < -0.3 is 24.2 Å². The number of rotatable bonds is 8. The Hall–Kier alpha value is -3.32. The second kappa shape index (κ2) is 11.8. The first-order valence-electron chi connectivity index (χ1n) is 12.3. The first kappa shape index (κ1) is 28.7. The molecule has 1 aliphatic rings. The fourth-order valence-corrected chi connectivity index (χ4v) is 6.28. The molecule has 1 amide bonds. The maximum absolute atomic E-state index is 14.0. The number of hydrogen-bond acceptors (Lipinski definition) is 8. The molecule has 11 heteroatoms. The Morgan fingerprint density at radius 2 is 1.82 bits per heavy atom. The van der Waals surface area contributed by atoms with E-state index in [0.717, 1.165) is 0 Å². The Balaban J connectivity index is 2.03. The van der Waals surface area contributed by atoms with Crippen LogP contribution in [0.25, 0.3) is 6.08 Å². The number of methoxy groups -OCH3 is 3. The first-order chi connectivity index (χ1) is 18.7. The average molecular weight is 664 g/mol. The van der Waals surface area contributed by atoms with Crippen LogP contribution in [0.4, 0.5) is 0 Å². The van der Waals surface area contributed by atoms with Crippen LogP contribution in [0.3, 0.4) is 0 Å². The number of aromatic nitrogens is 1. The van der Waals surface area contributed by atoms with Gasteiger partial charge in [-0.3, -0.25) is 14.2 Å². The second-order valence-electron chi connectivity index (χ2n) is 8.72. The van der Waals surface area contributed by atoms with Crippen molar-refractivity contribution in [1.29, 1.82) is 0 Å². The molecule has 3 aromatic rings. The number of amides is 1. The van der Waals surface area contributed by atoms with Gasteiger partial charge in [0.1, 0.15) is 17.5 Å². The molecule has 2 heterocycles. The maximum atomic E-state index is 14.0. The summed E-state index contributed by atoms with van der Waals surface area (Å²) >= 11 is 3.25. The van der Waals surface area contributed by atoms with E-state index in [1.54, 1.807) is 67.0 Å². The highest BCUT2D eigenvalue weighted by molar-refractivity contribution is 14.1. The van der Waals surface area contributed by atoms with E-state index in [9.17, 15) is 14.7 Å². The number of allylic oxidation sites excluding steroid dienone is 1. The molecule has 0 radical (unpaired) electrons. The van der Waals surface area contributed by atoms with Crippen molar-refractivity contribution in [3.8, 4) is 23.0 Å². The topological polar surface area (TPSA) is 103 Å². The molecule has 0 fully saturated rings. The number of phenols is 1. The fraction of sp³-hybridized carbons (Fsp3) is 0.321. The van der Waals surface area contributed by atoms with Gasteiger partial charge in [-0.1, -0.05) is 11.3 Å². The standard InChI is InChI=1S/C28H30IN3O6S/c1-7-31(8-2)27(35)23-15(3)30-28-32(24(23)18-14-17(36-4)9-10-20(18)37-5)26(34)22(39-28)13-16-11-19(29)25(33)21(12-16)38-6/h9-14,24,33H,7-8H2,1-6H3/b22-13+/t24-/m0/s1. The van der Waals surface area contributed by atoms with Crippen molar-refractivity contribution < 1.29 is 24.1 Å². The molecule has 206 valence electrons. The third-order valence-electron chi connectivity index (χ3n) is 6.60. The van der Waals surface area contributed by atoms with Crippen LogP contribution in [0.15, 0.2) is 51.4 Å². The molecular formula is C28H30IN3O6S. The first-order valence-corrected chi connectivity index (χ1v) is 14.2. The van der Waals surface area contributed by atoms with Crippen molar-refractivity contribution in [2.45, 2.75) is 26.8 Å². The molecule has 0 saturated heterocycles. The predicted octanol–water partition coefficient (Wildman–Crippen LogP) is 3.44. The van der Waals surface area contributed by atoms with Crippen molar-refractivity contribution >= 4 is 45.9 Å². The van der Waals surface area contributed by atoms with Crippen LogP contribution in [0, 0.1) is 3.57 Å². The number of phenolic OH excluding ortho intramolecular Hbond substituents is 1. The van der Waals surface area contributed by atoms with E-state index in [1.165, 1.54) is 18.4 Å². The lowest BCUT2D eigenvalue weighted by molar-refractivity contribution is -0.127. The third kappa shape index (κ3) is 5.29. The van der Waals surface area contributed by atoms with Crippen molar-refractivity contribution in [2.24, 2.45) is 4.99 Å². The zero-order chi connectivity index (χ0) is 28.4. The van der Waals surface area contributed by atoms with Crippen LogP contribution in [-0.4, -0.2) is 54.9 Å². The van der Waals surface area contributed by atoms with E-state index in [4.69, 9.17) is 19.2 Å². The van der Waals surface area contributed by atoms with Gasteiger partial charge in [-0.25, -0.2) is 4.99 Å². The molecule has 1 aliphatic heterocycles. The van der Waals surface area contributed by atoms with Gasteiger partial charge in [0.2, 0.25) is 0 Å². The Labute approximate surface area is 243 Å². The molecule has 0 spiro atoms. The normalized spacial score (nSPS) is 15.1. The average Bonchev–Trinajstić information content (AvgIpc) is 3.23. The smallest absolute Gasteiger partial charge is 0.271 e. The lowest BCUT2D eigenvalue weighted by Crippen LogP contribution is -2.43. The Morgan fingerprint density at radius 3 is 2.44 bits per heavy atom. The summed E-state index contributed by atoms with van der Waals surface area (Å²) in [5.41, 5.74) is 1.95. The van der Waals surface area contributed by atoms with Crippen LogP contribution in [-0.2, 0) is 4.79 Å². The van der Waals surface area contributed by atoms with Crippen molar-refractivity contribution in [1.82, 2.24) is 9.47 Å². The van der Waals surface area contributed by atoms with Gasteiger partial charge in [0.25, 0.3) is 11.5 Å². The fourth-order valence-electron chi connectivity index (χ4n) is 4.61. The van der Waals surface area contributed by atoms with Crippen molar-refractivity contribution in [3.63, 3.8) is 0 Å². The molecule has 0 unspecified atom stereocenters. The molecule has 9 nitrogen and oxygen atoms in total. The Bertz CT molecular complexity index is 1640. The molecule has 0 aliphatic carbocycles. The lowest BCUT2D eigenvalue weighted by Gasteiger charge is -2.30. The zero-order valence-corrected chi connectivity index (χ0v) is 25.5. The van der Waals surface area contributed by atoms with E-state index in [0.29, 0.717) is 65.6 Å². The molecule has 0 saturated carbocycles. The third-order valence-corrected chi connectivity index (χ3v) is 8.41. The van der Waals surface area contributed by atoms with Crippen LogP contribution in [0.2, 0.25) is 0 Å². The summed E-state index contributed by atoms with van der Waals surface area (Å²) in [6.07, 6.45) is 1.74. The van der Waals surface area contributed by atoms with Gasteiger partial charge in [0, 0.05) is 18.7 Å². The Kier molecular flexibility index (Phi) is 8.70. The van der Waals surface area contributed by atoms with Gasteiger partial charge in [0.15, 0.2) is 16.3 Å². The van der Waals surface area contributed by atoms with E-state index in [2.05, 4.69) is 0 Å². The minimum absolute atomic E-state index is 0.0389. The highest BCUT2D eigenvalue weighted by atomic mass is 127. The van der Waals surface area contributed by atoms with Crippen molar-refractivity contribution in [3.05, 3.63) is 76.0 Å². The summed E-state index contributed by atoms with van der Waals surface area (Å²) < 4.78 is 19.0. The van der Waals surface area contributed by atoms with Gasteiger partial charge in [-0.15, -0.1) is 0 Å². The summed E-state index contributed by atoms with van der Waals surface area (Å²) in [6.45, 7) is 6.65. The summed E-state index contributed by atoms with van der Waals surface area (Å²) in [7, 11) is 4.59. The molecule has 4 rings (SSSR count). The van der Waals surface area contributed by atoms with Gasteiger partial charge in [0.05, 0.1) is 40.7 Å². The van der Waals surface area contributed by atoms with Gasteiger partial charge >= 0.3 is 0 Å². The quantitative estimate of drug-likeness (QED) is 0.371. The van der Waals surface area contributed by atoms with E-state index in [1.807, 2.05) is 36.4 Å². The number of carbonyl (C=O) groups excluding carboxylic acids is 1. The number of halogens is 1. The number of nitrogens with zero attached hydrogens (tertiary/aromatic N) is 3. The summed E-state index contributed by atoms with van der Waals surface area (Å²) in [5, 5.41) is 10.2. The summed E-state index contributed by atoms with van der Waals surface area (Å²) in [6, 6.07) is 7.98. The molecule has 1 aromatic heterocycles. The largest absolute Gasteiger partial charge is 0.504 e. The number of likely N-dealkylation sites (N-methyl/N-ethyl adjacent to an activating group) is 1. The molecule has 2 aromatic carbocycles. The van der Waals surface area contributed by atoms with E-state index < -0.39 is 6.04 Å². The number of ether oxygens (including phenoxy) is 3. The van der Waals surface area contributed by atoms with E-state index >= 15 is 0 Å². The van der Waals surface area contributed by atoms with Gasteiger partial charge in [-0.05, 0) is 85.3 Å². The SMILES string of the molecule is CCN(CC)C(=O)C1=C(C)N=c2s/c(=C/c3cc(I)c(O)c(OC)c3)c(=O)n2[C@H]1c1cc(OC)ccc1OC. The summed E-state index contributed by atoms with van der Waals surface area (Å²) in [4.78, 5) is 34.8. The molecule has 0 bridgehead atoms. The molecular weight excluding hydrogens is 633 g/mol. The minimum Gasteiger partial charge on any atom is -0.504 e. The highest BCUT2D eigenvalue weighted by Gasteiger charge is 2.36. The predicted molar refractivity (Wildman–Crippen MR) is 159 cm³/mol. The van der Waals surface area contributed by atoms with Crippen LogP contribution in [0.1, 0.15) is 37.9 Å². The van der Waals surface area contributed by atoms with Gasteiger partial charge in [-0.2, -0.15) is 0 Å². The van der Waals surface area contributed by atoms with E-state index in [-0.39, 0.29) is 17.2 Å². The number of thiazole rings is 1. The molecule has 1 N–H and O–H groups in total. The van der Waals surface area contributed by atoms with Crippen LogP contribution < -0.4 is 29.1 Å². The zero-order valence-electron chi connectivity index (χ0n) is 22.6. The van der Waals surface area contributed by atoms with Crippen molar-refractivity contribution in [2.75, 3.05) is 34.4 Å². The molecule has 39 heavy (non-hydrogen) atoms. The minimum atomic E-state index is -0.781. The number of carbonyl (C=O) groups is 1. The number of fused-ring (bicyclic) bond motifs is 1. The maximum Gasteiger partial charge on any atom is 0.271 e. The van der Waals surface area contributed by atoms with Crippen LogP contribution >= 0.6 is 33.9 Å². The summed E-state index contributed by atoms with van der Waals surface area (Å²) in [5.74, 6) is 1.25. The second-order valence-corrected chi connectivity index (χ2v) is 10.9. The molecule has 1 atom stereocenters. The number of aromatic hydroxyl groups is 1.